The highest BCUT2D eigenvalue weighted by Gasteiger charge is 2.04. The lowest BCUT2D eigenvalue weighted by Crippen LogP contribution is -2.06. The third-order valence-corrected chi connectivity index (χ3v) is 4.55. The maximum absolute atomic E-state index is 6.13. The van der Waals surface area contributed by atoms with Crippen LogP contribution in [0, 0.1) is 13.8 Å². The Morgan fingerprint density at radius 3 is 2.52 bits per heavy atom. The van der Waals surface area contributed by atoms with Gasteiger partial charge in [0.1, 0.15) is 0 Å². The minimum Gasteiger partial charge on any atom is -0.378 e. The Kier molecular flexibility index (Phi) is 5.57. The second-order valence-corrected chi connectivity index (χ2v) is 6.58. The summed E-state index contributed by atoms with van der Waals surface area (Å²) in [6.45, 7) is 4.13. The zero-order valence-electron chi connectivity index (χ0n) is 11.9. The summed E-state index contributed by atoms with van der Waals surface area (Å²) in [5, 5.41) is 1.80. The van der Waals surface area contributed by atoms with Crippen molar-refractivity contribution in [2.45, 2.75) is 19.6 Å². The quantitative estimate of drug-likeness (QED) is 0.593. The smallest absolute Gasteiger partial charge is 0.159 e. The molecule has 0 unspecified atom stereocenters. The van der Waals surface area contributed by atoms with E-state index in [1.54, 1.807) is 6.07 Å². The first-order valence-electron chi connectivity index (χ1n) is 6.44. The second-order valence-electron chi connectivity index (χ2n) is 4.74. The molecule has 0 bridgehead atoms. The van der Waals surface area contributed by atoms with Crippen molar-refractivity contribution in [2.24, 2.45) is 10.7 Å². The van der Waals surface area contributed by atoms with E-state index in [2.05, 4.69) is 18.8 Å². The summed E-state index contributed by atoms with van der Waals surface area (Å²) in [7, 11) is 0. The molecule has 0 aliphatic rings. The molecular weight excluding hydrogens is 323 g/mol. The van der Waals surface area contributed by atoms with Crippen molar-refractivity contribution >= 4 is 45.8 Å². The monoisotopic (exact) mass is 338 g/mol. The fraction of sp³-hybridized carbons (Fsp3) is 0.188. The number of hydrogen-bond acceptors (Lipinski definition) is 2. The van der Waals surface area contributed by atoms with E-state index in [1.807, 2.05) is 30.3 Å². The summed E-state index contributed by atoms with van der Waals surface area (Å²) in [5.74, 6) is 0.663. The summed E-state index contributed by atoms with van der Waals surface area (Å²) in [4.78, 5) is 4.41. The Balaban J connectivity index is 2.05. The van der Waals surface area contributed by atoms with E-state index in [0.717, 1.165) is 11.3 Å². The molecule has 2 rings (SSSR count). The van der Waals surface area contributed by atoms with Crippen molar-refractivity contribution in [3.05, 3.63) is 63.1 Å². The fourth-order valence-electron chi connectivity index (χ4n) is 1.75. The lowest BCUT2D eigenvalue weighted by Gasteiger charge is -2.05. The van der Waals surface area contributed by atoms with Crippen LogP contribution in [0.4, 0.5) is 5.69 Å². The van der Waals surface area contributed by atoms with E-state index in [-0.39, 0.29) is 0 Å². The standard InChI is InChI=1S/C16H16Cl2N2S/c1-10-3-6-14(7-11(10)2)20-16(19)21-9-12-4-5-13(17)8-15(12)18/h3-8H,9H2,1-2H3,(H2,19,20). The van der Waals surface area contributed by atoms with Crippen LogP contribution < -0.4 is 5.73 Å². The first kappa shape index (κ1) is 16.2. The Morgan fingerprint density at radius 2 is 1.86 bits per heavy atom. The van der Waals surface area contributed by atoms with Crippen LogP contribution >= 0.6 is 35.0 Å². The number of benzene rings is 2. The van der Waals surface area contributed by atoms with Crippen LogP contribution in [0.1, 0.15) is 16.7 Å². The topological polar surface area (TPSA) is 38.4 Å². The van der Waals surface area contributed by atoms with E-state index in [4.69, 9.17) is 28.9 Å². The van der Waals surface area contributed by atoms with Gasteiger partial charge >= 0.3 is 0 Å². The van der Waals surface area contributed by atoms with Crippen molar-refractivity contribution in [2.75, 3.05) is 0 Å². The third kappa shape index (κ3) is 4.67. The molecule has 2 aromatic rings. The van der Waals surface area contributed by atoms with Gasteiger partial charge in [0.25, 0.3) is 0 Å². The molecule has 0 atom stereocenters. The molecule has 2 N–H and O–H groups in total. The van der Waals surface area contributed by atoms with Crippen molar-refractivity contribution in [3.8, 4) is 0 Å². The number of halogens is 2. The molecule has 0 radical (unpaired) electrons. The highest BCUT2D eigenvalue weighted by molar-refractivity contribution is 8.13. The van der Waals surface area contributed by atoms with E-state index in [9.17, 15) is 0 Å². The van der Waals surface area contributed by atoms with Gasteiger partial charge in [-0.1, -0.05) is 47.1 Å². The van der Waals surface area contributed by atoms with Crippen LogP contribution in [0.3, 0.4) is 0 Å². The van der Waals surface area contributed by atoms with Crippen molar-refractivity contribution in [1.82, 2.24) is 0 Å². The number of hydrogen-bond donors (Lipinski definition) is 1. The predicted octanol–water partition coefficient (Wildman–Crippen LogP) is 5.49. The van der Waals surface area contributed by atoms with E-state index < -0.39 is 0 Å². The first-order chi connectivity index (χ1) is 9.95. The van der Waals surface area contributed by atoms with Crippen LogP contribution in [0.15, 0.2) is 41.4 Å². The summed E-state index contributed by atoms with van der Waals surface area (Å²) in [5.41, 5.74) is 10.3. The van der Waals surface area contributed by atoms with Gasteiger partial charge in [0.15, 0.2) is 5.17 Å². The van der Waals surface area contributed by atoms with Crippen molar-refractivity contribution in [3.63, 3.8) is 0 Å². The van der Waals surface area contributed by atoms with Gasteiger partial charge in [-0.05, 0) is 54.8 Å². The molecule has 110 valence electrons. The number of thioether (sulfide) groups is 1. The minimum absolute atomic E-state index is 0.518. The predicted molar refractivity (Wildman–Crippen MR) is 95.0 cm³/mol. The molecule has 0 fully saturated rings. The molecule has 0 heterocycles. The zero-order valence-corrected chi connectivity index (χ0v) is 14.2. The lowest BCUT2D eigenvalue weighted by atomic mass is 10.1. The van der Waals surface area contributed by atoms with Gasteiger partial charge in [0.05, 0.1) is 5.69 Å². The number of nitrogens with zero attached hydrogens (tertiary/aromatic N) is 1. The Morgan fingerprint density at radius 1 is 1.10 bits per heavy atom. The fourth-order valence-corrected chi connectivity index (χ4v) is 3.02. The van der Waals surface area contributed by atoms with Crippen LogP contribution in [-0.2, 0) is 5.75 Å². The molecule has 0 saturated heterocycles. The largest absolute Gasteiger partial charge is 0.378 e. The van der Waals surface area contributed by atoms with Crippen molar-refractivity contribution in [1.29, 1.82) is 0 Å². The SMILES string of the molecule is Cc1ccc(N=C(N)SCc2ccc(Cl)cc2Cl)cc1C. The van der Waals surface area contributed by atoms with Crippen molar-refractivity contribution < 1.29 is 0 Å². The molecule has 0 amide bonds. The Bertz CT molecular complexity index is 684. The Hall–Kier alpha value is -1.16. The zero-order chi connectivity index (χ0) is 15.4. The number of rotatable bonds is 3. The number of aryl methyl sites for hydroxylation is 2. The minimum atomic E-state index is 0.518. The van der Waals surface area contributed by atoms with Crippen LogP contribution in [0.25, 0.3) is 0 Å². The summed E-state index contributed by atoms with van der Waals surface area (Å²) in [6.07, 6.45) is 0. The van der Waals surface area contributed by atoms with Gasteiger partial charge in [0, 0.05) is 15.8 Å². The molecule has 0 spiro atoms. The number of nitrogens with two attached hydrogens (primary N) is 1. The molecule has 2 aromatic carbocycles. The van der Waals surface area contributed by atoms with Gasteiger partial charge in [-0.25, -0.2) is 4.99 Å². The van der Waals surface area contributed by atoms with Crippen LogP contribution in [0.2, 0.25) is 10.0 Å². The van der Waals surface area contributed by atoms with Gasteiger partial charge < -0.3 is 5.73 Å². The lowest BCUT2D eigenvalue weighted by molar-refractivity contribution is 1.32. The third-order valence-electron chi connectivity index (χ3n) is 3.12. The summed E-state index contributed by atoms with van der Waals surface area (Å²) >= 11 is 13.5. The van der Waals surface area contributed by atoms with E-state index >= 15 is 0 Å². The average molecular weight is 339 g/mol. The van der Waals surface area contributed by atoms with Gasteiger partial charge in [0.2, 0.25) is 0 Å². The number of aliphatic imine (C=N–C) groups is 1. The maximum Gasteiger partial charge on any atom is 0.159 e. The van der Waals surface area contributed by atoms with Gasteiger partial charge in [-0.15, -0.1) is 0 Å². The van der Waals surface area contributed by atoms with E-state index in [0.29, 0.717) is 21.0 Å². The molecule has 2 nitrogen and oxygen atoms in total. The van der Waals surface area contributed by atoms with Crippen LogP contribution in [-0.4, -0.2) is 5.17 Å². The molecule has 0 aliphatic heterocycles. The normalized spacial score (nSPS) is 11.7. The highest BCUT2D eigenvalue weighted by Crippen LogP contribution is 2.25. The van der Waals surface area contributed by atoms with Crippen LogP contribution in [0.5, 0.6) is 0 Å². The molecule has 0 saturated carbocycles. The summed E-state index contributed by atoms with van der Waals surface area (Å²) in [6, 6.07) is 11.5. The van der Waals surface area contributed by atoms with Gasteiger partial charge in [-0.3, -0.25) is 0 Å². The second kappa shape index (κ2) is 7.21. The van der Waals surface area contributed by atoms with E-state index in [1.165, 1.54) is 22.9 Å². The average Bonchev–Trinajstić information content (AvgIpc) is 2.42. The first-order valence-corrected chi connectivity index (χ1v) is 8.18. The molecule has 0 aromatic heterocycles. The highest BCUT2D eigenvalue weighted by atomic mass is 35.5. The maximum atomic E-state index is 6.13. The molecule has 5 heteroatoms. The molecular formula is C16H16Cl2N2S. The number of amidine groups is 1. The molecule has 0 aliphatic carbocycles. The van der Waals surface area contributed by atoms with Gasteiger partial charge in [-0.2, -0.15) is 0 Å². The Labute approximate surface area is 139 Å². The molecule has 21 heavy (non-hydrogen) atoms. The summed E-state index contributed by atoms with van der Waals surface area (Å²) < 4.78 is 0.